The third-order valence-corrected chi connectivity index (χ3v) is 4.61. The third-order valence-electron chi connectivity index (χ3n) is 2.79. The highest BCUT2D eigenvalue weighted by Gasteiger charge is 2.26. The fourth-order valence-corrected chi connectivity index (χ4v) is 3.79. The van der Waals surface area contributed by atoms with Gasteiger partial charge in [0.2, 0.25) is 0 Å². The van der Waals surface area contributed by atoms with Gasteiger partial charge < -0.3 is 5.73 Å². The maximum absolute atomic E-state index is 11.5. The number of pyridine rings is 1. The van der Waals surface area contributed by atoms with Crippen molar-refractivity contribution in [2.24, 2.45) is 0 Å². The van der Waals surface area contributed by atoms with Crippen molar-refractivity contribution in [2.45, 2.75) is 18.8 Å². The Labute approximate surface area is 89.4 Å². The second-order valence-electron chi connectivity index (χ2n) is 3.96. The summed E-state index contributed by atoms with van der Waals surface area (Å²) in [5.74, 6) is 0.585. The minimum Gasteiger partial charge on any atom is -0.397 e. The van der Waals surface area contributed by atoms with Gasteiger partial charge in [-0.2, -0.15) is 0 Å². The lowest BCUT2D eigenvalue weighted by atomic mass is 9.96. The van der Waals surface area contributed by atoms with Crippen molar-refractivity contribution < 1.29 is 8.42 Å². The van der Waals surface area contributed by atoms with E-state index in [0.717, 1.165) is 18.4 Å². The van der Waals surface area contributed by atoms with E-state index in [1.54, 1.807) is 12.4 Å². The van der Waals surface area contributed by atoms with Crippen LogP contribution in [0.4, 0.5) is 5.69 Å². The van der Waals surface area contributed by atoms with E-state index in [4.69, 9.17) is 5.73 Å². The van der Waals surface area contributed by atoms with Crippen LogP contribution < -0.4 is 5.73 Å². The molecule has 0 saturated carbocycles. The van der Waals surface area contributed by atoms with Gasteiger partial charge in [0.15, 0.2) is 9.84 Å². The summed E-state index contributed by atoms with van der Waals surface area (Å²) in [5, 5.41) is 0. The molecular weight excluding hydrogens is 212 g/mol. The number of hydrogen-bond donors (Lipinski definition) is 1. The zero-order chi connectivity index (χ0) is 10.9. The predicted molar refractivity (Wildman–Crippen MR) is 59.3 cm³/mol. The summed E-state index contributed by atoms with van der Waals surface area (Å²) in [7, 11) is -2.87. The lowest BCUT2D eigenvalue weighted by Crippen LogP contribution is -2.24. The maximum atomic E-state index is 11.5. The molecule has 1 atom stereocenters. The maximum Gasteiger partial charge on any atom is 0.150 e. The van der Waals surface area contributed by atoms with Gasteiger partial charge in [0.25, 0.3) is 0 Å². The van der Waals surface area contributed by atoms with Crippen LogP contribution in [0.3, 0.4) is 0 Å². The number of anilines is 1. The Bertz CT molecular complexity index is 456. The number of sulfone groups is 1. The minimum atomic E-state index is -2.87. The molecule has 0 aromatic carbocycles. The molecule has 5 heteroatoms. The normalized spacial score (nSPS) is 24.9. The average Bonchev–Trinajstić information content (AvgIpc) is 2.17. The first-order chi connectivity index (χ1) is 7.08. The van der Waals surface area contributed by atoms with Gasteiger partial charge in [0, 0.05) is 6.20 Å². The second kappa shape index (κ2) is 3.81. The lowest BCUT2D eigenvalue weighted by Gasteiger charge is -2.23. The van der Waals surface area contributed by atoms with Gasteiger partial charge in [-0.1, -0.05) is 0 Å². The Balaban J connectivity index is 2.29. The van der Waals surface area contributed by atoms with E-state index in [-0.39, 0.29) is 11.7 Å². The molecule has 1 aliphatic heterocycles. The number of rotatable bonds is 1. The molecule has 1 aromatic heterocycles. The number of nitrogens with zero attached hydrogens (tertiary/aromatic N) is 1. The Morgan fingerprint density at radius 2 is 2.27 bits per heavy atom. The molecule has 4 nitrogen and oxygen atoms in total. The molecule has 0 radical (unpaired) electrons. The fraction of sp³-hybridized carbons (Fsp3) is 0.500. The van der Waals surface area contributed by atoms with Crippen LogP contribution in [0.1, 0.15) is 24.3 Å². The van der Waals surface area contributed by atoms with Gasteiger partial charge in [-0.15, -0.1) is 0 Å². The molecule has 1 aromatic rings. The van der Waals surface area contributed by atoms with Crippen LogP contribution >= 0.6 is 0 Å². The summed E-state index contributed by atoms with van der Waals surface area (Å²) in [4.78, 5) is 3.90. The van der Waals surface area contributed by atoms with Crippen molar-refractivity contribution in [1.29, 1.82) is 0 Å². The van der Waals surface area contributed by atoms with Crippen LogP contribution in [-0.4, -0.2) is 24.9 Å². The second-order valence-corrected chi connectivity index (χ2v) is 6.19. The van der Waals surface area contributed by atoms with E-state index >= 15 is 0 Å². The monoisotopic (exact) mass is 226 g/mol. The molecule has 0 aliphatic carbocycles. The van der Waals surface area contributed by atoms with Gasteiger partial charge in [-0.3, -0.25) is 4.98 Å². The van der Waals surface area contributed by atoms with E-state index < -0.39 is 9.84 Å². The van der Waals surface area contributed by atoms with Crippen LogP contribution in [-0.2, 0) is 9.84 Å². The number of hydrogen-bond acceptors (Lipinski definition) is 4. The Kier molecular flexibility index (Phi) is 2.65. The fourth-order valence-electron chi connectivity index (χ4n) is 2.06. The van der Waals surface area contributed by atoms with Crippen LogP contribution in [0.25, 0.3) is 0 Å². The van der Waals surface area contributed by atoms with Crippen molar-refractivity contribution in [3.8, 4) is 0 Å². The van der Waals surface area contributed by atoms with Crippen molar-refractivity contribution in [1.82, 2.24) is 4.98 Å². The number of nitrogen functional groups attached to an aromatic ring is 1. The van der Waals surface area contributed by atoms with Crippen molar-refractivity contribution >= 4 is 15.5 Å². The first kappa shape index (κ1) is 10.4. The highest BCUT2D eigenvalue weighted by molar-refractivity contribution is 7.91. The zero-order valence-electron chi connectivity index (χ0n) is 8.39. The first-order valence-corrected chi connectivity index (χ1v) is 6.80. The Morgan fingerprint density at radius 3 is 2.93 bits per heavy atom. The molecule has 0 spiro atoms. The highest BCUT2D eigenvalue weighted by Crippen LogP contribution is 2.30. The summed E-state index contributed by atoms with van der Waals surface area (Å²) < 4.78 is 23.0. The quantitative estimate of drug-likeness (QED) is 0.774. The topological polar surface area (TPSA) is 73.0 Å². The van der Waals surface area contributed by atoms with Crippen molar-refractivity contribution in [2.75, 3.05) is 17.2 Å². The van der Waals surface area contributed by atoms with Gasteiger partial charge >= 0.3 is 0 Å². The molecule has 2 N–H and O–H groups in total. The van der Waals surface area contributed by atoms with Crippen LogP contribution in [0, 0.1) is 0 Å². The predicted octanol–water partition coefficient (Wildman–Crippen LogP) is 0.956. The zero-order valence-corrected chi connectivity index (χ0v) is 9.20. The van der Waals surface area contributed by atoms with Crippen molar-refractivity contribution in [3.05, 3.63) is 24.0 Å². The SMILES string of the molecule is Nc1cnccc1C1CCCS(=O)(=O)C1. The standard InChI is InChI=1S/C10H14N2O2S/c11-10-6-12-4-3-9(10)8-2-1-5-15(13,14)7-8/h3-4,6,8H,1-2,5,7,11H2. The van der Waals surface area contributed by atoms with Gasteiger partial charge in [-0.25, -0.2) is 8.42 Å². The summed E-state index contributed by atoms with van der Waals surface area (Å²) >= 11 is 0. The van der Waals surface area contributed by atoms with Gasteiger partial charge in [-0.05, 0) is 30.4 Å². The van der Waals surface area contributed by atoms with Gasteiger partial charge in [0.05, 0.1) is 23.4 Å². The van der Waals surface area contributed by atoms with E-state index in [1.807, 2.05) is 6.07 Å². The molecule has 0 bridgehead atoms. The molecule has 2 rings (SSSR count). The van der Waals surface area contributed by atoms with Crippen molar-refractivity contribution in [3.63, 3.8) is 0 Å². The van der Waals surface area contributed by atoms with E-state index in [1.165, 1.54) is 0 Å². The summed E-state index contributed by atoms with van der Waals surface area (Å²) in [6, 6.07) is 1.82. The molecule has 1 fully saturated rings. The molecule has 1 aliphatic rings. The minimum absolute atomic E-state index is 0.0479. The Morgan fingerprint density at radius 1 is 1.47 bits per heavy atom. The van der Waals surface area contributed by atoms with Crippen LogP contribution in [0.5, 0.6) is 0 Å². The molecule has 1 unspecified atom stereocenters. The average molecular weight is 226 g/mol. The molecule has 2 heterocycles. The molecule has 0 amide bonds. The largest absolute Gasteiger partial charge is 0.397 e. The van der Waals surface area contributed by atoms with E-state index in [9.17, 15) is 8.42 Å². The van der Waals surface area contributed by atoms with Gasteiger partial charge in [0.1, 0.15) is 0 Å². The summed E-state index contributed by atoms with van der Waals surface area (Å²) in [5.41, 5.74) is 7.30. The Hall–Kier alpha value is -1.10. The third kappa shape index (κ3) is 2.28. The van der Waals surface area contributed by atoms with E-state index in [0.29, 0.717) is 11.4 Å². The molecule has 1 saturated heterocycles. The summed E-state index contributed by atoms with van der Waals surface area (Å²) in [6.07, 6.45) is 4.87. The highest BCUT2D eigenvalue weighted by atomic mass is 32.2. The molecule has 82 valence electrons. The molecule has 15 heavy (non-hydrogen) atoms. The number of aromatic nitrogens is 1. The smallest absolute Gasteiger partial charge is 0.150 e. The van der Waals surface area contributed by atoms with Crippen LogP contribution in [0.15, 0.2) is 18.5 Å². The first-order valence-electron chi connectivity index (χ1n) is 4.98. The molecular formula is C10H14N2O2S. The summed E-state index contributed by atoms with van der Waals surface area (Å²) in [6.45, 7) is 0. The number of nitrogens with two attached hydrogens (primary N) is 1. The van der Waals surface area contributed by atoms with Crippen LogP contribution in [0.2, 0.25) is 0 Å². The lowest BCUT2D eigenvalue weighted by molar-refractivity contribution is 0.554. The van der Waals surface area contributed by atoms with E-state index in [2.05, 4.69) is 4.98 Å².